The smallest absolute Gasteiger partial charge is 0.366 e. The van der Waals surface area contributed by atoms with Crippen LogP contribution in [0.4, 0.5) is 19.0 Å². The van der Waals surface area contributed by atoms with Crippen molar-refractivity contribution in [2.75, 3.05) is 5.32 Å². The summed E-state index contributed by atoms with van der Waals surface area (Å²) in [6.07, 6.45) is -2.02. The van der Waals surface area contributed by atoms with E-state index in [1.54, 1.807) is 6.07 Å². The van der Waals surface area contributed by atoms with Crippen molar-refractivity contribution in [2.45, 2.75) is 26.6 Å². The van der Waals surface area contributed by atoms with Gasteiger partial charge in [-0.25, -0.2) is 4.98 Å². The maximum atomic E-state index is 12.8. The number of hydrogen-bond donors (Lipinski definition) is 1. The summed E-state index contributed by atoms with van der Waals surface area (Å²) in [4.78, 5) is 8.01. The number of pyridine rings is 2. The molecule has 3 nitrogen and oxygen atoms in total. The average molecular weight is 281 g/mol. The van der Waals surface area contributed by atoms with Crippen LogP contribution in [0.15, 0.2) is 30.6 Å². The summed E-state index contributed by atoms with van der Waals surface area (Å²) in [5, 5.41) is 2.89. The van der Waals surface area contributed by atoms with Gasteiger partial charge in [0.15, 0.2) is 0 Å². The summed E-state index contributed by atoms with van der Waals surface area (Å²) < 4.78 is 38.5. The van der Waals surface area contributed by atoms with Gasteiger partial charge >= 0.3 is 6.18 Å². The molecule has 0 saturated carbocycles. The highest BCUT2D eigenvalue weighted by Crippen LogP contribution is 2.31. The van der Waals surface area contributed by atoms with Crippen LogP contribution in [0, 0.1) is 13.8 Å². The van der Waals surface area contributed by atoms with Crippen LogP contribution < -0.4 is 5.32 Å². The zero-order chi connectivity index (χ0) is 14.8. The van der Waals surface area contributed by atoms with Gasteiger partial charge in [0.25, 0.3) is 0 Å². The first-order chi connectivity index (χ1) is 9.38. The van der Waals surface area contributed by atoms with E-state index in [1.807, 2.05) is 19.9 Å². The zero-order valence-corrected chi connectivity index (χ0v) is 11.1. The molecule has 6 heteroatoms. The van der Waals surface area contributed by atoms with E-state index in [9.17, 15) is 13.2 Å². The van der Waals surface area contributed by atoms with Crippen molar-refractivity contribution >= 4 is 5.82 Å². The fourth-order valence-corrected chi connectivity index (χ4v) is 1.76. The lowest BCUT2D eigenvalue weighted by Gasteiger charge is -2.13. The minimum Gasteiger partial charge on any atom is -0.366 e. The van der Waals surface area contributed by atoms with Gasteiger partial charge in [-0.05, 0) is 31.5 Å². The lowest BCUT2D eigenvalue weighted by atomic mass is 10.1. The second-order valence-electron chi connectivity index (χ2n) is 4.48. The largest absolute Gasteiger partial charge is 0.416 e. The van der Waals surface area contributed by atoms with Gasteiger partial charge in [-0.1, -0.05) is 6.07 Å². The molecule has 0 aliphatic rings. The van der Waals surface area contributed by atoms with Gasteiger partial charge in [-0.15, -0.1) is 0 Å². The van der Waals surface area contributed by atoms with Gasteiger partial charge in [0, 0.05) is 30.2 Å². The molecule has 0 amide bonds. The molecule has 1 N–H and O–H groups in total. The molecular formula is C14H14F3N3. The number of aromatic nitrogens is 2. The molecule has 0 spiro atoms. The summed E-state index contributed by atoms with van der Waals surface area (Å²) in [5.74, 6) is 0.546. The number of anilines is 1. The van der Waals surface area contributed by atoms with E-state index in [0.717, 1.165) is 23.5 Å². The summed E-state index contributed by atoms with van der Waals surface area (Å²) in [5.41, 5.74) is 1.30. The Kier molecular flexibility index (Phi) is 3.92. The normalized spacial score (nSPS) is 11.4. The fourth-order valence-electron chi connectivity index (χ4n) is 1.76. The third kappa shape index (κ3) is 3.26. The van der Waals surface area contributed by atoms with Crippen LogP contribution in [0.5, 0.6) is 0 Å². The highest BCUT2D eigenvalue weighted by molar-refractivity contribution is 5.40. The first-order valence-corrected chi connectivity index (χ1v) is 6.06. The van der Waals surface area contributed by atoms with E-state index in [4.69, 9.17) is 0 Å². The van der Waals surface area contributed by atoms with Crippen molar-refractivity contribution in [2.24, 2.45) is 0 Å². The Morgan fingerprint density at radius 1 is 1.15 bits per heavy atom. The molecule has 2 heterocycles. The van der Waals surface area contributed by atoms with Crippen LogP contribution in [0.3, 0.4) is 0 Å². The van der Waals surface area contributed by atoms with Gasteiger partial charge < -0.3 is 5.32 Å². The molecule has 0 fully saturated rings. The van der Waals surface area contributed by atoms with Crippen molar-refractivity contribution in [3.63, 3.8) is 0 Å². The molecule has 2 aromatic heterocycles. The van der Waals surface area contributed by atoms with Crippen LogP contribution in [0.25, 0.3) is 0 Å². The third-order valence-electron chi connectivity index (χ3n) is 3.02. The van der Waals surface area contributed by atoms with Crippen molar-refractivity contribution in [1.29, 1.82) is 0 Å². The maximum Gasteiger partial charge on any atom is 0.416 e. The lowest BCUT2D eigenvalue weighted by molar-refractivity contribution is -0.138. The van der Waals surface area contributed by atoms with Crippen molar-refractivity contribution in [1.82, 2.24) is 9.97 Å². The monoisotopic (exact) mass is 281 g/mol. The quantitative estimate of drug-likeness (QED) is 0.931. The Morgan fingerprint density at radius 2 is 1.90 bits per heavy atom. The van der Waals surface area contributed by atoms with Crippen LogP contribution in [-0.2, 0) is 12.7 Å². The van der Waals surface area contributed by atoms with E-state index in [-0.39, 0.29) is 12.1 Å². The minimum absolute atomic E-state index is 0.0260. The van der Waals surface area contributed by atoms with E-state index in [2.05, 4.69) is 15.3 Å². The minimum atomic E-state index is -4.38. The number of hydrogen-bond acceptors (Lipinski definition) is 3. The second-order valence-corrected chi connectivity index (χ2v) is 4.48. The third-order valence-corrected chi connectivity index (χ3v) is 3.02. The van der Waals surface area contributed by atoms with Gasteiger partial charge in [0.2, 0.25) is 0 Å². The summed E-state index contributed by atoms with van der Waals surface area (Å²) in [6, 6.07) is 4.59. The first-order valence-electron chi connectivity index (χ1n) is 6.06. The molecule has 20 heavy (non-hydrogen) atoms. The summed E-state index contributed by atoms with van der Waals surface area (Å²) >= 11 is 0. The standard InChI is InChI=1S/C14H14F3N3/c1-9-3-4-13(20-10(9)2)19-8-11-7-18-6-5-12(11)14(15,16)17/h3-7H,8H2,1-2H3,(H,19,20). The number of rotatable bonds is 3. The molecule has 0 aromatic carbocycles. The molecule has 0 saturated heterocycles. The van der Waals surface area contributed by atoms with E-state index in [1.165, 1.54) is 6.20 Å². The van der Waals surface area contributed by atoms with Gasteiger partial charge in [0.1, 0.15) is 5.82 Å². The molecule has 0 aliphatic carbocycles. The molecule has 106 valence electrons. The maximum absolute atomic E-state index is 12.8. The Hall–Kier alpha value is -2.11. The van der Waals surface area contributed by atoms with Crippen LogP contribution in [0.2, 0.25) is 0 Å². The number of halogens is 3. The first kappa shape index (κ1) is 14.3. The molecule has 0 radical (unpaired) electrons. The predicted molar refractivity (Wildman–Crippen MR) is 70.3 cm³/mol. The van der Waals surface area contributed by atoms with Gasteiger partial charge in [-0.3, -0.25) is 4.98 Å². The SMILES string of the molecule is Cc1ccc(NCc2cnccc2C(F)(F)F)nc1C. The van der Waals surface area contributed by atoms with Crippen LogP contribution >= 0.6 is 0 Å². The Labute approximate surface area is 114 Å². The molecule has 0 unspecified atom stereocenters. The summed E-state index contributed by atoms with van der Waals surface area (Å²) in [6.45, 7) is 3.80. The average Bonchev–Trinajstić information content (AvgIpc) is 2.39. The Bertz CT molecular complexity index is 609. The van der Waals surface area contributed by atoms with E-state index < -0.39 is 11.7 Å². The highest BCUT2D eigenvalue weighted by Gasteiger charge is 2.33. The topological polar surface area (TPSA) is 37.8 Å². The fraction of sp³-hybridized carbons (Fsp3) is 0.286. The zero-order valence-electron chi connectivity index (χ0n) is 11.1. The highest BCUT2D eigenvalue weighted by atomic mass is 19.4. The van der Waals surface area contributed by atoms with Crippen molar-refractivity contribution < 1.29 is 13.2 Å². The molecule has 0 aliphatic heterocycles. The van der Waals surface area contributed by atoms with Crippen molar-refractivity contribution in [3.8, 4) is 0 Å². The second kappa shape index (κ2) is 5.48. The number of aryl methyl sites for hydroxylation is 2. The molecule has 0 bridgehead atoms. The Morgan fingerprint density at radius 3 is 2.55 bits per heavy atom. The van der Waals surface area contributed by atoms with Gasteiger partial charge in [0.05, 0.1) is 5.56 Å². The lowest BCUT2D eigenvalue weighted by Crippen LogP contribution is -2.12. The molecule has 2 aromatic rings. The van der Waals surface area contributed by atoms with E-state index >= 15 is 0 Å². The number of nitrogens with one attached hydrogen (secondary N) is 1. The molecular weight excluding hydrogens is 267 g/mol. The Balaban J connectivity index is 2.17. The molecule has 0 atom stereocenters. The van der Waals surface area contributed by atoms with E-state index in [0.29, 0.717) is 5.82 Å². The molecule has 2 rings (SSSR count). The van der Waals surface area contributed by atoms with Crippen LogP contribution in [-0.4, -0.2) is 9.97 Å². The van der Waals surface area contributed by atoms with Crippen LogP contribution in [0.1, 0.15) is 22.4 Å². The number of alkyl halides is 3. The number of nitrogens with zero attached hydrogens (tertiary/aromatic N) is 2. The van der Waals surface area contributed by atoms with Gasteiger partial charge in [-0.2, -0.15) is 13.2 Å². The predicted octanol–water partition coefficient (Wildman–Crippen LogP) is 3.72. The van der Waals surface area contributed by atoms with Crippen molar-refractivity contribution in [3.05, 3.63) is 53.0 Å². The summed E-state index contributed by atoms with van der Waals surface area (Å²) in [7, 11) is 0.